The van der Waals surface area contributed by atoms with Gasteiger partial charge < -0.3 is 14.7 Å². The molecule has 0 atom stereocenters. The number of nitrogens with zero attached hydrogens (tertiary/aromatic N) is 5. The smallest absolute Gasteiger partial charge is 0.227 e. The van der Waals surface area contributed by atoms with Crippen LogP contribution in [0.15, 0.2) is 36.0 Å². The van der Waals surface area contributed by atoms with E-state index >= 15 is 0 Å². The highest BCUT2D eigenvalue weighted by atomic mass is 32.1. The number of anilines is 1. The number of thiophene rings is 1. The number of carbonyl (C=O) groups is 2. The molecule has 0 aliphatic carbocycles. The first-order chi connectivity index (χ1) is 13.7. The molecule has 0 spiro atoms. The van der Waals surface area contributed by atoms with Crippen LogP contribution in [0.5, 0.6) is 0 Å². The predicted octanol–water partition coefficient (Wildman–Crippen LogP) is 1.67. The molecule has 0 N–H and O–H groups in total. The first-order valence-corrected chi connectivity index (χ1v) is 10.7. The fraction of sp³-hybridized carbons (Fsp3) is 0.500. The van der Waals surface area contributed by atoms with Gasteiger partial charge in [0.2, 0.25) is 17.8 Å². The molecule has 2 aromatic heterocycles. The zero-order chi connectivity index (χ0) is 19.3. The Bertz CT molecular complexity index is 782. The number of likely N-dealkylation sites (tertiary alicyclic amines) is 1. The van der Waals surface area contributed by atoms with Crippen LogP contribution in [0, 0.1) is 5.92 Å². The molecule has 2 amide bonds. The molecule has 2 aliphatic heterocycles. The minimum Gasteiger partial charge on any atom is -0.342 e. The fourth-order valence-electron chi connectivity index (χ4n) is 3.89. The Kier molecular flexibility index (Phi) is 5.85. The monoisotopic (exact) mass is 399 g/mol. The number of piperazine rings is 1. The molecule has 2 saturated heterocycles. The van der Waals surface area contributed by atoms with E-state index in [0.717, 1.165) is 36.8 Å². The third kappa shape index (κ3) is 4.32. The van der Waals surface area contributed by atoms with Crippen LogP contribution in [0.4, 0.5) is 5.95 Å². The number of carbonyl (C=O) groups excluding carboxylic acids is 2. The Morgan fingerprint density at radius 2 is 1.68 bits per heavy atom. The number of amides is 2. The molecule has 0 bridgehead atoms. The molecule has 7 nitrogen and oxygen atoms in total. The molecule has 28 heavy (non-hydrogen) atoms. The highest BCUT2D eigenvalue weighted by Crippen LogP contribution is 2.22. The second-order valence-corrected chi connectivity index (χ2v) is 8.30. The first kappa shape index (κ1) is 18.9. The SMILES string of the molecule is O=C(Cc1cccs1)N1CCC(C(=O)N2CCN(c3ncccn3)CC2)CC1. The molecule has 4 rings (SSSR count). The second kappa shape index (κ2) is 8.68. The molecular weight excluding hydrogens is 374 g/mol. The van der Waals surface area contributed by atoms with Crippen LogP contribution in [-0.4, -0.2) is 70.9 Å². The van der Waals surface area contributed by atoms with E-state index in [-0.39, 0.29) is 17.7 Å². The van der Waals surface area contributed by atoms with Crippen LogP contribution in [0.3, 0.4) is 0 Å². The van der Waals surface area contributed by atoms with Crippen molar-refractivity contribution < 1.29 is 9.59 Å². The third-order valence-corrected chi connectivity index (χ3v) is 6.41. The van der Waals surface area contributed by atoms with Gasteiger partial charge >= 0.3 is 0 Å². The maximum Gasteiger partial charge on any atom is 0.227 e. The van der Waals surface area contributed by atoms with Crippen molar-refractivity contribution in [3.05, 3.63) is 40.8 Å². The van der Waals surface area contributed by atoms with Crippen molar-refractivity contribution in [1.82, 2.24) is 19.8 Å². The van der Waals surface area contributed by atoms with E-state index in [1.54, 1.807) is 29.8 Å². The Hall–Kier alpha value is -2.48. The van der Waals surface area contributed by atoms with Gasteiger partial charge in [0.25, 0.3) is 0 Å². The van der Waals surface area contributed by atoms with E-state index in [2.05, 4.69) is 14.9 Å². The zero-order valence-corrected chi connectivity index (χ0v) is 16.7. The number of hydrogen-bond donors (Lipinski definition) is 0. The molecule has 4 heterocycles. The standard InChI is InChI=1S/C20H25N5O2S/c26-18(15-17-3-1-14-28-17)23-8-4-16(5-9-23)19(27)24-10-12-25(13-11-24)20-21-6-2-7-22-20/h1-3,6-7,14,16H,4-5,8-13,15H2. The molecule has 148 valence electrons. The first-order valence-electron chi connectivity index (χ1n) is 9.81. The van der Waals surface area contributed by atoms with E-state index in [1.807, 2.05) is 27.3 Å². The van der Waals surface area contributed by atoms with E-state index < -0.39 is 0 Å². The lowest BCUT2D eigenvalue weighted by molar-refractivity contribution is -0.140. The van der Waals surface area contributed by atoms with Crippen LogP contribution in [0.25, 0.3) is 0 Å². The average molecular weight is 400 g/mol. The molecule has 0 unspecified atom stereocenters. The summed E-state index contributed by atoms with van der Waals surface area (Å²) in [6.45, 7) is 4.28. The van der Waals surface area contributed by atoms with Gasteiger partial charge in [-0.15, -0.1) is 11.3 Å². The van der Waals surface area contributed by atoms with Gasteiger partial charge in [-0.3, -0.25) is 9.59 Å². The number of piperidine rings is 1. The summed E-state index contributed by atoms with van der Waals surface area (Å²) >= 11 is 1.62. The van der Waals surface area contributed by atoms with Gasteiger partial charge in [0.1, 0.15) is 0 Å². The zero-order valence-electron chi connectivity index (χ0n) is 15.9. The molecule has 0 radical (unpaired) electrons. The highest BCUT2D eigenvalue weighted by molar-refractivity contribution is 7.10. The van der Waals surface area contributed by atoms with Gasteiger partial charge in [0.15, 0.2) is 0 Å². The second-order valence-electron chi connectivity index (χ2n) is 7.27. The van der Waals surface area contributed by atoms with Crippen molar-refractivity contribution in [2.24, 2.45) is 5.92 Å². The van der Waals surface area contributed by atoms with E-state index in [0.29, 0.717) is 32.6 Å². The Morgan fingerprint density at radius 3 is 2.32 bits per heavy atom. The van der Waals surface area contributed by atoms with Crippen molar-refractivity contribution in [3.63, 3.8) is 0 Å². The lowest BCUT2D eigenvalue weighted by Gasteiger charge is -2.38. The van der Waals surface area contributed by atoms with Gasteiger partial charge in [-0.1, -0.05) is 6.07 Å². The molecule has 0 saturated carbocycles. The molecular formula is C20H25N5O2S. The van der Waals surface area contributed by atoms with E-state index in [9.17, 15) is 9.59 Å². The Balaban J connectivity index is 1.24. The van der Waals surface area contributed by atoms with E-state index in [4.69, 9.17) is 0 Å². The summed E-state index contributed by atoms with van der Waals surface area (Å²) in [5.74, 6) is 1.17. The molecule has 2 fully saturated rings. The lowest BCUT2D eigenvalue weighted by atomic mass is 9.94. The molecule has 2 aromatic rings. The summed E-state index contributed by atoms with van der Waals surface area (Å²) in [7, 11) is 0. The van der Waals surface area contributed by atoms with Crippen LogP contribution >= 0.6 is 11.3 Å². The largest absolute Gasteiger partial charge is 0.342 e. The minimum atomic E-state index is 0.0327. The van der Waals surface area contributed by atoms with Crippen molar-refractivity contribution in [3.8, 4) is 0 Å². The van der Waals surface area contributed by atoms with Gasteiger partial charge in [-0.05, 0) is 30.4 Å². The van der Waals surface area contributed by atoms with Crippen molar-refractivity contribution in [1.29, 1.82) is 0 Å². The highest BCUT2D eigenvalue weighted by Gasteiger charge is 2.32. The topological polar surface area (TPSA) is 69.6 Å². The van der Waals surface area contributed by atoms with Crippen molar-refractivity contribution in [2.75, 3.05) is 44.2 Å². The quantitative estimate of drug-likeness (QED) is 0.782. The summed E-state index contributed by atoms with van der Waals surface area (Å²) < 4.78 is 0. The van der Waals surface area contributed by atoms with Crippen molar-refractivity contribution in [2.45, 2.75) is 19.3 Å². The lowest BCUT2D eigenvalue weighted by Crippen LogP contribution is -2.52. The third-order valence-electron chi connectivity index (χ3n) is 5.53. The van der Waals surface area contributed by atoms with Crippen LogP contribution < -0.4 is 4.90 Å². The summed E-state index contributed by atoms with van der Waals surface area (Å²) in [4.78, 5) is 41.0. The predicted molar refractivity (Wildman–Crippen MR) is 108 cm³/mol. The summed E-state index contributed by atoms with van der Waals surface area (Å²) in [6.07, 6.45) is 5.48. The van der Waals surface area contributed by atoms with Crippen LogP contribution in [0.1, 0.15) is 17.7 Å². The number of rotatable bonds is 4. The maximum absolute atomic E-state index is 12.9. The van der Waals surface area contributed by atoms with Crippen LogP contribution in [0.2, 0.25) is 0 Å². The van der Waals surface area contributed by atoms with Gasteiger partial charge in [0.05, 0.1) is 6.42 Å². The summed E-state index contributed by atoms with van der Waals surface area (Å²) in [5, 5.41) is 2.00. The molecule has 2 aliphatic rings. The number of hydrogen-bond acceptors (Lipinski definition) is 6. The van der Waals surface area contributed by atoms with Gasteiger partial charge in [-0.25, -0.2) is 9.97 Å². The fourth-order valence-corrected chi connectivity index (χ4v) is 4.59. The van der Waals surface area contributed by atoms with Gasteiger partial charge in [0, 0.05) is 62.5 Å². The Morgan fingerprint density at radius 1 is 0.964 bits per heavy atom. The molecule has 8 heteroatoms. The minimum absolute atomic E-state index is 0.0327. The summed E-state index contributed by atoms with van der Waals surface area (Å²) in [5.41, 5.74) is 0. The normalized spacial score (nSPS) is 18.4. The Labute approximate surface area is 169 Å². The average Bonchev–Trinajstić information content (AvgIpc) is 3.27. The van der Waals surface area contributed by atoms with Crippen molar-refractivity contribution >= 4 is 29.1 Å². The van der Waals surface area contributed by atoms with Gasteiger partial charge in [-0.2, -0.15) is 0 Å². The van der Waals surface area contributed by atoms with Crippen LogP contribution in [-0.2, 0) is 16.0 Å². The summed E-state index contributed by atoms with van der Waals surface area (Å²) in [6, 6.07) is 5.78. The maximum atomic E-state index is 12.9. The number of aromatic nitrogens is 2. The van der Waals surface area contributed by atoms with E-state index in [1.165, 1.54) is 0 Å². The molecule has 0 aromatic carbocycles.